The molecule has 0 aliphatic carbocycles. The smallest absolute Gasteiger partial charge is 0.251 e. The Kier molecular flexibility index (Phi) is 7.62. The predicted octanol–water partition coefficient (Wildman–Crippen LogP) is 2.40. The van der Waals surface area contributed by atoms with Crippen molar-refractivity contribution in [1.29, 1.82) is 0 Å². The minimum Gasteiger partial charge on any atom is -0.497 e. The molecule has 1 saturated heterocycles. The Balaban J connectivity index is 1.19. The molecule has 2 aliphatic heterocycles. The Labute approximate surface area is 216 Å². The van der Waals surface area contributed by atoms with Crippen molar-refractivity contribution < 1.29 is 19.0 Å². The number of nitrogens with zero attached hydrogens (tertiary/aromatic N) is 2. The molecule has 1 amide bonds. The number of carbonyl (C=O) groups is 1. The first-order chi connectivity index (χ1) is 18.1. The van der Waals surface area contributed by atoms with Crippen LogP contribution in [0.3, 0.4) is 0 Å². The van der Waals surface area contributed by atoms with Crippen LogP contribution in [0.4, 0.5) is 0 Å². The number of hydrogen-bond acceptors (Lipinski definition) is 7. The summed E-state index contributed by atoms with van der Waals surface area (Å²) < 4.78 is 18.5. The fourth-order valence-corrected chi connectivity index (χ4v) is 5.11. The molecule has 0 spiro atoms. The van der Waals surface area contributed by atoms with E-state index in [1.807, 2.05) is 12.1 Å². The normalized spacial score (nSPS) is 16.1. The second-order valence-electron chi connectivity index (χ2n) is 9.48. The van der Waals surface area contributed by atoms with Crippen LogP contribution in [0.5, 0.6) is 17.2 Å². The Bertz CT molecular complexity index is 1330. The number of pyridine rings is 1. The van der Waals surface area contributed by atoms with E-state index in [-0.39, 0.29) is 11.5 Å². The quantitative estimate of drug-likeness (QED) is 0.485. The van der Waals surface area contributed by atoms with Gasteiger partial charge in [-0.25, -0.2) is 0 Å². The predicted molar refractivity (Wildman–Crippen MR) is 142 cm³/mol. The molecule has 5 rings (SSSR count). The highest BCUT2D eigenvalue weighted by Gasteiger charge is 2.20. The summed E-state index contributed by atoms with van der Waals surface area (Å²) in [4.78, 5) is 27.6. The van der Waals surface area contributed by atoms with Crippen LogP contribution in [0.1, 0.15) is 28.8 Å². The van der Waals surface area contributed by atoms with Gasteiger partial charge in [0.25, 0.3) is 11.5 Å². The Morgan fingerprint density at radius 1 is 1.03 bits per heavy atom. The van der Waals surface area contributed by atoms with Crippen molar-refractivity contribution in [1.82, 2.24) is 20.1 Å². The highest BCUT2D eigenvalue weighted by Crippen LogP contribution is 2.31. The van der Waals surface area contributed by atoms with Gasteiger partial charge in [-0.15, -0.1) is 0 Å². The first-order valence-electron chi connectivity index (χ1n) is 12.8. The third-order valence-corrected chi connectivity index (χ3v) is 7.22. The average molecular weight is 507 g/mol. The lowest BCUT2D eigenvalue weighted by Crippen LogP contribution is -2.43. The van der Waals surface area contributed by atoms with Gasteiger partial charge < -0.3 is 34.3 Å². The summed E-state index contributed by atoms with van der Waals surface area (Å²) in [5.74, 6) is 1.98. The Hall–Kier alpha value is -3.56. The van der Waals surface area contributed by atoms with Crippen molar-refractivity contribution in [2.24, 2.45) is 0 Å². The van der Waals surface area contributed by atoms with Gasteiger partial charge in [-0.2, -0.15) is 0 Å². The Morgan fingerprint density at radius 2 is 1.81 bits per heavy atom. The van der Waals surface area contributed by atoms with Crippen molar-refractivity contribution in [2.75, 3.05) is 47.0 Å². The lowest BCUT2D eigenvalue weighted by molar-refractivity contribution is 0.0964. The van der Waals surface area contributed by atoms with Gasteiger partial charge in [0.1, 0.15) is 19.0 Å². The number of fused-ring (bicyclic) bond motifs is 2. The molecular formula is C28H34N4O5. The fourth-order valence-electron chi connectivity index (χ4n) is 5.11. The Morgan fingerprint density at radius 3 is 2.57 bits per heavy atom. The van der Waals surface area contributed by atoms with E-state index in [4.69, 9.17) is 14.2 Å². The second-order valence-corrected chi connectivity index (χ2v) is 9.48. The second kappa shape index (κ2) is 11.2. The van der Waals surface area contributed by atoms with E-state index in [0.717, 1.165) is 55.9 Å². The van der Waals surface area contributed by atoms with Gasteiger partial charge >= 0.3 is 0 Å². The molecule has 0 radical (unpaired) electrons. The van der Waals surface area contributed by atoms with Crippen LogP contribution in [0.2, 0.25) is 0 Å². The van der Waals surface area contributed by atoms with Crippen LogP contribution in [0.15, 0.2) is 47.3 Å². The van der Waals surface area contributed by atoms with Gasteiger partial charge in [0.15, 0.2) is 11.5 Å². The maximum Gasteiger partial charge on any atom is 0.251 e. The summed E-state index contributed by atoms with van der Waals surface area (Å²) in [6, 6.07) is 13.4. The molecule has 3 aromatic rings. The molecule has 3 heterocycles. The van der Waals surface area contributed by atoms with Gasteiger partial charge in [-0.1, -0.05) is 6.07 Å². The molecule has 0 atom stereocenters. The van der Waals surface area contributed by atoms with Crippen molar-refractivity contribution >= 4 is 16.8 Å². The number of aromatic nitrogens is 1. The zero-order valence-corrected chi connectivity index (χ0v) is 21.4. The number of carbonyl (C=O) groups excluding carboxylic acids is 1. The number of methoxy groups -OCH3 is 1. The number of piperidine rings is 1. The molecule has 37 heavy (non-hydrogen) atoms. The van der Waals surface area contributed by atoms with Crippen LogP contribution in [0.25, 0.3) is 10.9 Å². The average Bonchev–Trinajstić information content (AvgIpc) is 2.94. The minimum absolute atomic E-state index is 0.0837. The number of ether oxygens (including phenoxy) is 3. The standard InChI is InChI=1S/C28H34N4O5/c1-29-28(34)23-16-21(35-2)17-24-22(23)4-6-27(33)32(24)12-11-31-9-7-20(8-10-31)30-18-19-3-5-25-26(15-19)37-14-13-36-25/h3-6,15-17,20,30H,7-14,18H2,1-2H3,(H,29,34). The molecule has 1 aromatic heterocycles. The lowest BCUT2D eigenvalue weighted by atomic mass is 10.0. The number of nitrogens with one attached hydrogen (secondary N) is 2. The van der Waals surface area contributed by atoms with Crippen LogP contribution < -0.4 is 30.4 Å². The molecule has 0 unspecified atom stereocenters. The van der Waals surface area contributed by atoms with Crippen LogP contribution in [-0.4, -0.2) is 68.4 Å². The fraction of sp³-hybridized carbons (Fsp3) is 0.429. The molecule has 2 aromatic carbocycles. The summed E-state index contributed by atoms with van der Waals surface area (Å²) >= 11 is 0. The third-order valence-electron chi connectivity index (χ3n) is 7.22. The third kappa shape index (κ3) is 5.57. The van der Waals surface area contributed by atoms with Crippen molar-refractivity contribution in [2.45, 2.75) is 32.0 Å². The van der Waals surface area contributed by atoms with E-state index in [1.165, 1.54) is 11.6 Å². The van der Waals surface area contributed by atoms with Gasteiger partial charge in [-0.3, -0.25) is 9.59 Å². The first kappa shape index (κ1) is 25.1. The molecule has 2 N–H and O–H groups in total. The molecule has 9 nitrogen and oxygen atoms in total. The van der Waals surface area contributed by atoms with Gasteiger partial charge in [0, 0.05) is 50.2 Å². The van der Waals surface area contributed by atoms with Crippen LogP contribution >= 0.6 is 0 Å². The van der Waals surface area contributed by atoms with Gasteiger partial charge in [0.05, 0.1) is 18.2 Å². The van der Waals surface area contributed by atoms with Crippen molar-refractivity contribution in [3.05, 3.63) is 63.9 Å². The van der Waals surface area contributed by atoms with E-state index in [2.05, 4.69) is 27.7 Å². The topological polar surface area (TPSA) is 94.1 Å². The summed E-state index contributed by atoms with van der Waals surface area (Å²) in [5.41, 5.74) is 2.31. The number of hydrogen-bond donors (Lipinski definition) is 2. The number of amides is 1. The zero-order chi connectivity index (χ0) is 25.8. The van der Waals surface area contributed by atoms with Crippen LogP contribution in [0, 0.1) is 0 Å². The highest BCUT2D eigenvalue weighted by molar-refractivity contribution is 6.06. The van der Waals surface area contributed by atoms with Crippen molar-refractivity contribution in [3.8, 4) is 17.2 Å². The highest BCUT2D eigenvalue weighted by atomic mass is 16.6. The van der Waals surface area contributed by atoms with Crippen LogP contribution in [-0.2, 0) is 13.1 Å². The number of benzene rings is 2. The monoisotopic (exact) mass is 506 g/mol. The molecule has 196 valence electrons. The maximum absolute atomic E-state index is 12.8. The zero-order valence-electron chi connectivity index (χ0n) is 21.4. The molecular weight excluding hydrogens is 472 g/mol. The van der Waals surface area contributed by atoms with E-state index in [9.17, 15) is 9.59 Å². The van der Waals surface area contributed by atoms with E-state index >= 15 is 0 Å². The SMILES string of the molecule is CNC(=O)c1cc(OC)cc2c1ccc(=O)n2CCN1CCC(NCc2ccc3c(c2)OCCO3)CC1. The van der Waals surface area contributed by atoms with E-state index < -0.39 is 0 Å². The molecule has 2 aliphatic rings. The minimum atomic E-state index is -0.208. The van der Waals surface area contributed by atoms with Crippen molar-refractivity contribution in [3.63, 3.8) is 0 Å². The summed E-state index contributed by atoms with van der Waals surface area (Å²) in [6.45, 7) is 5.23. The largest absolute Gasteiger partial charge is 0.497 e. The number of likely N-dealkylation sites (tertiary alicyclic amines) is 1. The summed E-state index contributed by atoms with van der Waals surface area (Å²) in [7, 11) is 3.16. The molecule has 9 heteroatoms. The summed E-state index contributed by atoms with van der Waals surface area (Å²) in [6.07, 6.45) is 2.09. The molecule has 0 saturated carbocycles. The number of rotatable bonds is 8. The molecule has 0 bridgehead atoms. The van der Waals surface area contributed by atoms with E-state index in [0.29, 0.717) is 42.6 Å². The maximum atomic E-state index is 12.8. The first-order valence-corrected chi connectivity index (χ1v) is 12.8. The molecule has 1 fully saturated rings. The van der Waals surface area contributed by atoms with Gasteiger partial charge in [-0.05, 0) is 55.8 Å². The summed E-state index contributed by atoms with van der Waals surface area (Å²) in [5, 5.41) is 7.09. The lowest BCUT2D eigenvalue weighted by Gasteiger charge is -2.32. The van der Waals surface area contributed by atoms with E-state index in [1.54, 1.807) is 30.9 Å². The van der Waals surface area contributed by atoms with Gasteiger partial charge in [0.2, 0.25) is 0 Å².